The molecule has 1 unspecified atom stereocenters. The minimum Gasteiger partial charge on any atom is -0.444 e. The normalized spacial score (nSPS) is 18.1. The molecule has 0 saturated carbocycles. The van der Waals surface area contributed by atoms with E-state index in [1.54, 1.807) is 39.0 Å². The Bertz CT molecular complexity index is 964. The molecule has 29 heavy (non-hydrogen) atoms. The molecule has 2 aromatic rings. The van der Waals surface area contributed by atoms with Crippen molar-refractivity contribution in [2.75, 3.05) is 5.32 Å². The van der Waals surface area contributed by atoms with Crippen LogP contribution in [0.15, 0.2) is 34.9 Å². The summed E-state index contributed by atoms with van der Waals surface area (Å²) in [5.41, 5.74) is 1.01. The highest BCUT2D eigenvalue weighted by atomic mass is 79.9. The second-order valence-corrected chi connectivity index (χ2v) is 8.45. The van der Waals surface area contributed by atoms with Crippen molar-refractivity contribution in [1.29, 1.82) is 0 Å². The predicted octanol–water partition coefficient (Wildman–Crippen LogP) is 4.96. The average Bonchev–Trinajstić information content (AvgIpc) is 2.88. The van der Waals surface area contributed by atoms with Crippen LogP contribution in [0.25, 0.3) is 0 Å². The molecule has 10 heteroatoms. The fourth-order valence-corrected chi connectivity index (χ4v) is 3.40. The van der Waals surface area contributed by atoms with Gasteiger partial charge in [0.1, 0.15) is 16.4 Å². The lowest BCUT2D eigenvalue weighted by molar-refractivity contribution is -0.384. The highest BCUT2D eigenvalue weighted by Gasteiger charge is 2.35. The van der Waals surface area contributed by atoms with Crippen LogP contribution in [-0.4, -0.2) is 27.8 Å². The van der Waals surface area contributed by atoms with E-state index in [-0.39, 0.29) is 17.9 Å². The number of nitro groups is 1. The highest BCUT2D eigenvalue weighted by molar-refractivity contribution is 9.10. The van der Waals surface area contributed by atoms with Gasteiger partial charge in [-0.25, -0.2) is 14.2 Å². The van der Waals surface area contributed by atoms with Crippen molar-refractivity contribution in [3.63, 3.8) is 0 Å². The van der Waals surface area contributed by atoms with Crippen LogP contribution >= 0.6 is 15.9 Å². The van der Waals surface area contributed by atoms with Gasteiger partial charge in [-0.1, -0.05) is 6.07 Å². The minimum atomic E-state index is -1.30. The predicted molar refractivity (Wildman–Crippen MR) is 109 cm³/mol. The van der Waals surface area contributed by atoms with E-state index in [0.717, 1.165) is 0 Å². The summed E-state index contributed by atoms with van der Waals surface area (Å²) < 4.78 is 20.2. The molecular weight excluding hydrogens is 447 g/mol. The number of hydrogen-bond acceptors (Lipinski definition) is 6. The van der Waals surface area contributed by atoms with Crippen molar-refractivity contribution < 1.29 is 18.8 Å². The maximum absolute atomic E-state index is 14.6. The fourth-order valence-electron chi connectivity index (χ4n) is 3.09. The number of hydrogen-bond donors (Lipinski definition) is 2. The van der Waals surface area contributed by atoms with Gasteiger partial charge in [0.25, 0.3) is 0 Å². The van der Waals surface area contributed by atoms with Crippen LogP contribution in [-0.2, 0) is 11.2 Å². The zero-order chi connectivity index (χ0) is 21.3. The van der Waals surface area contributed by atoms with Gasteiger partial charge in [0.05, 0.1) is 11.0 Å². The SMILES string of the molecule is CC(C)(C)OC(=O)N[C@@H]1c2ccc(Nc3nc(Br)ccc3[N+](=O)[O-])cc2CC1F. The lowest BCUT2D eigenvalue weighted by Gasteiger charge is -2.23. The maximum atomic E-state index is 14.6. The number of ether oxygens (including phenoxy) is 1. The number of rotatable bonds is 4. The third-order valence-corrected chi connectivity index (χ3v) is 4.67. The van der Waals surface area contributed by atoms with Crippen molar-refractivity contribution in [2.24, 2.45) is 0 Å². The summed E-state index contributed by atoms with van der Waals surface area (Å²) >= 11 is 3.19. The molecule has 1 amide bonds. The number of nitrogens with one attached hydrogen (secondary N) is 2. The van der Waals surface area contributed by atoms with Gasteiger partial charge in [-0.05, 0) is 66.0 Å². The quantitative estimate of drug-likeness (QED) is 0.374. The van der Waals surface area contributed by atoms with E-state index < -0.39 is 28.8 Å². The molecule has 0 spiro atoms. The van der Waals surface area contributed by atoms with Gasteiger partial charge >= 0.3 is 11.8 Å². The van der Waals surface area contributed by atoms with E-state index in [1.165, 1.54) is 12.1 Å². The molecule has 0 aliphatic heterocycles. The van der Waals surface area contributed by atoms with Crippen LogP contribution in [0.3, 0.4) is 0 Å². The number of aromatic nitrogens is 1. The number of fused-ring (bicyclic) bond motifs is 1. The minimum absolute atomic E-state index is 0.0718. The summed E-state index contributed by atoms with van der Waals surface area (Å²) in [6, 6.07) is 7.05. The van der Waals surface area contributed by atoms with Crippen molar-refractivity contribution in [3.8, 4) is 0 Å². The molecule has 1 heterocycles. The van der Waals surface area contributed by atoms with E-state index in [2.05, 4.69) is 31.5 Å². The van der Waals surface area contributed by atoms with Crippen molar-refractivity contribution in [1.82, 2.24) is 10.3 Å². The molecule has 154 valence electrons. The molecule has 8 nitrogen and oxygen atoms in total. The molecule has 1 aliphatic rings. The molecule has 1 aromatic heterocycles. The van der Waals surface area contributed by atoms with E-state index in [4.69, 9.17) is 4.74 Å². The molecule has 0 fully saturated rings. The zero-order valence-corrected chi connectivity index (χ0v) is 17.6. The first-order chi connectivity index (χ1) is 13.5. The Morgan fingerprint density at radius 2 is 2.07 bits per heavy atom. The number of alkyl carbamates (subject to hydrolysis) is 1. The Balaban J connectivity index is 1.81. The summed E-state index contributed by atoms with van der Waals surface area (Å²) in [6.07, 6.45) is -1.88. The van der Waals surface area contributed by atoms with Gasteiger partial charge in [0.2, 0.25) is 5.82 Å². The van der Waals surface area contributed by atoms with E-state index in [1.807, 2.05) is 0 Å². The average molecular weight is 467 g/mol. The number of nitrogens with zero attached hydrogens (tertiary/aromatic N) is 2. The summed E-state index contributed by atoms with van der Waals surface area (Å²) in [5, 5.41) is 16.7. The second kappa shape index (κ2) is 7.94. The van der Waals surface area contributed by atoms with Gasteiger partial charge in [-0.15, -0.1) is 0 Å². The Morgan fingerprint density at radius 3 is 2.72 bits per heavy atom. The largest absolute Gasteiger partial charge is 0.444 e. The summed E-state index contributed by atoms with van der Waals surface area (Å²) in [7, 11) is 0. The first kappa shape index (κ1) is 21.0. The molecule has 1 aromatic carbocycles. The maximum Gasteiger partial charge on any atom is 0.408 e. The Labute approximate surface area is 175 Å². The second-order valence-electron chi connectivity index (χ2n) is 7.64. The van der Waals surface area contributed by atoms with E-state index in [9.17, 15) is 19.3 Å². The number of carbonyl (C=O) groups is 1. The third kappa shape index (κ3) is 5.00. The van der Waals surface area contributed by atoms with Crippen LogP contribution in [0, 0.1) is 10.1 Å². The topological polar surface area (TPSA) is 106 Å². The van der Waals surface area contributed by atoms with Crippen LogP contribution in [0.5, 0.6) is 0 Å². The summed E-state index contributed by atoms with van der Waals surface area (Å²) in [5.74, 6) is 0.0718. The molecule has 0 radical (unpaired) electrons. The Kier molecular flexibility index (Phi) is 5.74. The summed E-state index contributed by atoms with van der Waals surface area (Å²) in [4.78, 5) is 26.8. The third-order valence-electron chi connectivity index (χ3n) is 4.23. The number of alkyl halides is 1. The number of halogens is 2. The molecule has 1 aliphatic carbocycles. The fraction of sp³-hybridized carbons (Fsp3) is 0.368. The van der Waals surface area contributed by atoms with Crippen LogP contribution in [0.2, 0.25) is 0 Å². The van der Waals surface area contributed by atoms with Crippen LogP contribution in [0.4, 0.5) is 26.4 Å². The van der Waals surface area contributed by atoms with Gasteiger partial charge in [0.15, 0.2) is 0 Å². The number of carbonyl (C=O) groups excluding carboxylic acids is 1. The first-order valence-electron chi connectivity index (χ1n) is 8.88. The lowest BCUT2D eigenvalue weighted by atomic mass is 10.1. The van der Waals surface area contributed by atoms with Gasteiger partial charge in [-0.2, -0.15) is 0 Å². The van der Waals surface area contributed by atoms with Crippen LogP contribution < -0.4 is 10.6 Å². The van der Waals surface area contributed by atoms with E-state index in [0.29, 0.717) is 21.4 Å². The highest BCUT2D eigenvalue weighted by Crippen LogP contribution is 2.36. The monoisotopic (exact) mass is 466 g/mol. The first-order valence-corrected chi connectivity index (χ1v) is 9.67. The molecule has 0 saturated heterocycles. The Hall–Kier alpha value is -2.75. The standard InChI is InChI=1S/C19H20BrFN4O4/c1-19(2,3)29-18(26)24-16-12-5-4-11(8-10(12)9-13(16)21)22-17-14(25(27)28)6-7-15(20)23-17/h4-8,13,16H,9H2,1-3H3,(H,22,23)(H,24,26)/t13?,16-/m1/s1. The summed E-state index contributed by atoms with van der Waals surface area (Å²) in [6.45, 7) is 5.19. The van der Waals surface area contributed by atoms with Crippen molar-refractivity contribution in [2.45, 2.75) is 45.0 Å². The van der Waals surface area contributed by atoms with Crippen molar-refractivity contribution >= 4 is 39.2 Å². The van der Waals surface area contributed by atoms with Crippen LogP contribution in [0.1, 0.15) is 37.9 Å². The molecule has 3 rings (SSSR count). The zero-order valence-electron chi connectivity index (χ0n) is 16.0. The number of anilines is 2. The number of pyridine rings is 1. The van der Waals surface area contributed by atoms with Crippen molar-refractivity contribution in [3.05, 3.63) is 56.2 Å². The number of benzene rings is 1. The van der Waals surface area contributed by atoms with E-state index >= 15 is 0 Å². The molecule has 2 N–H and O–H groups in total. The molecule has 2 atom stereocenters. The smallest absolute Gasteiger partial charge is 0.408 e. The Morgan fingerprint density at radius 1 is 1.34 bits per heavy atom. The molecular formula is C19H20BrFN4O4. The number of amides is 1. The molecule has 0 bridgehead atoms. The van der Waals surface area contributed by atoms with Gasteiger partial charge < -0.3 is 15.4 Å². The van der Waals surface area contributed by atoms with Gasteiger partial charge in [0, 0.05) is 18.2 Å². The van der Waals surface area contributed by atoms with Gasteiger partial charge in [-0.3, -0.25) is 10.1 Å². The lowest BCUT2D eigenvalue weighted by Crippen LogP contribution is -2.37.